The third-order valence-corrected chi connectivity index (χ3v) is 7.88. The summed E-state index contributed by atoms with van der Waals surface area (Å²) in [5.41, 5.74) is 0.458. The fraction of sp³-hybridized carbons (Fsp3) is 0.462. The highest BCUT2D eigenvalue weighted by Crippen LogP contribution is 2.27. The molecule has 0 aliphatic rings. The molecule has 0 bridgehead atoms. The van der Waals surface area contributed by atoms with E-state index in [1.165, 1.54) is 12.1 Å². The molecule has 2 atom stereocenters. The molecule has 1 aromatic carbocycles. The van der Waals surface area contributed by atoms with Crippen LogP contribution in [-0.4, -0.2) is 169 Å². The standard InChI is InChI=1S/C26H33I2N5O15/c27-14-3-13(4-15(28)24(14)45)5-16(26(47)48)30-18(34)6-29-25(46)17(33(11-22(41)42)12-23(43)44)7-31(8-19(35)36)1-2-32(9-20(37)38)10-21(39)40/h3-4,16-17,45H,1-2,5-12H2,(H,29,46)(H,30,34)(H,35,36)(H,37,38)(H,39,40)(H,41,42)(H,43,44)(H,47,48)/t16-,17?/m0/s1. The maximum atomic E-state index is 13.3. The fourth-order valence-corrected chi connectivity index (χ4v) is 6.14. The molecule has 0 aliphatic carbocycles. The van der Waals surface area contributed by atoms with Crippen LogP contribution in [0.4, 0.5) is 0 Å². The van der Waals surface area contributed by atoms with E-state index in [0.717, 1.165) is 9.80 Å². The summed E-state index contributed by atoms with van der Waals surface area (Å²) < 4.78 is 0.868. The first-order valence-corrected chi connectivity index (χ1v) is 15.7. The van der Waals surface area contributed by atoms with Crippen molar-refractivity contribution in [2.45, 2.75) is 18.5 Å². The van der Waals surface area contributed by atoms with Gasteiger partial charge in [-0.2, -0.15) is 0 Å². The summed E-state index contributed by atoms with van der Waals surface area (Å²) in [6.07, 6.45) is -0.208. The van der Waals surface area contributed by atoms with Gasteiger partial charge in [-0.3, -0.25) is 48.3 Å². The number of phenols is 1. The van der Waals surface area contributed by atoms with Crippen molar-refractivity contribution in [2.24, 2.45) is 0 Å². The average Bonchev–Trinajstić information content (AvgIpc) is 2.93. The summed E-state index contributed by atoms with van der Waals surface area (Å²) in [6, 6.07) is -0.190. The fourth-order valence-electron chi connectivity index (χ4n) is 4.24. The lowest BCUT2D eigenvalue weighted by molar-refractivity contribution is -0.146. The van der Waals surface area contributed by atoms with Crippen molar-refractivity contribution in [3.05, 3.63) is 24.8 Å². The Kier molecular flexibility index (Phi) is 18.0. The van der Waals surface area contributed by atoms with Crippen molar-refractivity contribution in [3.63, 3.8) is 0 Å². The van der Waals surface area contributed by atoms with Gasteiger partial charge in [0, 0.05) is 26.1 Å². The van der Waals surface area contributed by atoms with Crippen LogP contribution in [0.5, 0.6) is 5.75 Å². The van der Waals surface area contributed by atoms with Crippen molar-refractivity contribution in [3.8, 4) is 5.75 Å². The summed E-state index contributed by atoms with van der Waals surface area (Å²) in [7, 11) is 0. The average molecular weight is 909 g/mol. The second-order valence-electron chi connectivity index (χ2n) is 10.1. The maximum Gasteiger partial charge on any atom is 0.326 e. The number of carboxylic acids is 6. The predicted octanol–water partition coefficient (Wildman–Crippen LogP) is -2.47. The monoisotopic (exact) mass is 909 g/mol. The van der Waals surface area contributed by atoms with Gasteiger partial charge in [-0.1, -0.05) is 0 Å². The van der Waals surface area contributed by atoms with Gasteiger partial charge < -0.3 is 46.4 Å². The number of carboxylic acid groups (broad SMARTS) is 6. The smallest absolute Gasteiger partial charge is 0.326 e. The van der Waals surface area contributed by atoms with Gasteiger partial charge in [-0.15, -0.1) is 0 Å². The molecule has 0 saturated carbocycles. The number of hydrogen-bond acceptors (Lipinski definition) is 12. The molecule has 0 heterocycles. The van der Waals surface area contributed by atoms with Crippen molar-refractivity contribution in [2.75, 3.05) is 58.9 Å². The molecule has 2 amide bonds. The number of aromatic hydroxyl groups is 1. The molecule has 48 heavy (non-hydrogen) atoms. The minimum atomic E-state index is -1.73. The zero-order valence-electron chi connectivity index (χ0n) is 24.9. The lowest BCUT2D eigenvalue weighted by Gasteiger charge is -2.33. The summed E-state index contributed by atoms with van der Waals surface area (Å²) in [4.78, 5) is 97.5. The number of aliphatic carboxylic acids is 6. The number of halogens is 2. The minimum Gasteiger partial charge on any atom is -0.506 e. The highest BCUT2D eigenvalue weighted by atomic mass is 127. The van der Waals surface area contributed by atoms with E-state index in [-0.39, 0.29) is 25.3 Å². The van der Waals surface area contributed by atoms with Crippen molar-refractivity contribution in [1.82, 2.24) is 25.3 Å². The van der Waals surface area contributed by atoms with Gasteiger partial charge in [-0.25, -0.2) is 4.79 Å². The molecule has 266 valence electrons. The Hall–Kier alpha value is -3.88. The van der Waals surface area contributed by atoms with Crippen LogP contribution in [0.2, 0.25) is 0 Å². The molecule has 1 aromatic rings. The normalized spacial score (nSPS) is 12.4. The van der Waals surface area contributed by atoms with Crippen LogP contribution in [0.25, 0.3) is 0 Å². The largest absolute Gasteiger partial charge is 0.506 e. The first kappa shape index (κ1) is 42.1. The van der Waals surface area contributed by atoms with E-state index in [1.807, 2.05) is 45.2 Å². The lowest BCUT2D eigenvalue weighted by Crippen LogP contribution is -2.57. The Morgan fingerprint density at radius 2 is 1.12 bits per heavy atom. The molecular weight excluding hydrogens is 876 g/mol. The van der Waals surface area contributed by atoms with Gasteiger partial charge in [0.15, 0.2) is 0 Å². The second kappa shape index (κ2) is 20.5. The number of rotatable bonds is 23. The predicted molar refractivity (Wildman–Crippen MR) is 176 cm³/mol. The zero-order chi connectivity index (χ0) is 36.7. The van der Waals surface area contributed by atoms with Crippen molar-refractivity contribution in [1.29, 1.82) is 0 Å². The topological polar surface area (TPSA) is 312 Å². The highest BCUT2D eigenvalue weighted by Gasteiger charge is 2.32. The summed E-state index contributed by atoms with van der Waals surface area (Å²) in [5, 5.41) is 70.3. The minimum absolute atomic E-state index is 0.00673. The zero-order valence-corrected chi connectivity index (χ0v) is 29.2. The number of benzene rings is 1. The number of carbonyl (C=O) groups is 8. The quantitative estimate of drug-likeness (QED) is 0.0514. The molecule has 9 N–H and O–H groups in total. The molecule has 0 aromatic heterocycles. The number of nitrogens with one attached hydrogen (secondary N) is 2. The molecule has 0 spiro atoms. The highest BCUT2D eigenvalue weighted by molar-refractivity contribution is 14.1. The van der Waals surface area contributed by atoms with E-state index < -0.39 is 106 Å². The van der Waals surface area contributed by atoms with Crippen LogP contribution in [0, 0.1) is 7.14 Å². The summed E-state index contributed by atoms with van der Waals surface area (Å²) in [5.74, 6) is -10.9. The van der Waals surface area contributed by atoms with E-state index >= 15 is 0 Å². The van der Waals surface area contributed by atoms with Crippen LogP contribution in [0.15, 0.2) is 12.1 Å². The second-order valence-corrected chi connectivity index (χ2v) is 12.4. The first-order chi connectivity index (χ1) is 22.3. The molecule has 0 aliphatic heterocycles. The van der Waals surface area contributed by atoms with E-state index in [4.69, 9.17) is 10.2 Å². The Balaban J connectivity index is 3.22. The van der Waals surface area contributed by atoms with Crippen molar-refractivity contribution < 1.29 is 74.1 Å². The molecule has 0 fully saturated rings. The first-order valence-electron chi connectivity index (χ1n) is 13.5. The van der Waals surface area contributed by atoms with Gasteiger partial charge in [0.2, 0.25) is 11.8 Å². The van der Waals surface area contributed by atoms with E-state index in [0.29, 0.717) is 17.6 Å². The van der Waals surface area contributed by atoms with Gasteiger partial charge in [0.1, 0.15) is 17.8 Å². The third-order valence-electron chi connectivity index (χ3n) is 6.23. The molecular formula is C26H33I2N5O15. The summed E-state index contributed by atoms with van der Waals surface area (Å²) >= 11 is 3.69. The molecule has 1 unspecified atom stereocenters. The van der Waals surface area contributed by atoms with Crippen LogP contribution < -0.4 is 10.6 Å². The number of hydrogen-bond donors (Lipinski definition) is 9. The molecule has 22 heteroatoms. The Bertz CT molecular complexity index is 1340. The molecule has 20 nitrogen and oxygen atoms in total. The summed E-state index contributed by atoms with van der Waals surface area (Å²) in [6.45, 7) is -6.55. The number of phenolic OH excluding ortho intramolecular Hbond substituents is 1. The SMILES string of the molecule is O=C(O)CN(CCN(CC(=O)O)CC(C(=O)NCC(=O)N[C@@H](Cc1cc(I)c(O)c(I)c1)C(=O)O)N(CC(=O)O)CC(=O)O)CC(=O)O. The van der Waals surface area contributed by atoms with Gasteiger partial charge >= 0.3 is 35.8 Å². The van der Waals surface area contributed by atoms with Crippen LogP contribution >= 0.6 is 45.2 Å². The van der Waals surface area contributed by atoms with Gasteiger partial charge in [0.25, 0.3) is 0 Å². The lowest BCUT2D eigenvalue weighted by atomic mass is 10.1. The maximum absolute atomic E-state index is 13.3. The van der Waals surface area contributed by atoms with E-state index in [9.17, 15) is 63.9 Å². The molecule has 0 saturated heterocycles. The molecule has 0 radical (unpaired) electrons. The van der Waals surface area contributed by atoms with Crippen LogP contribution in [0.3, 0.4) is 0 Å². The van der Waals surface area contributed by atoms with E-state index in [1.54, 1.807) is 0 Å². The Morgan fingerprint density at radius 1 is 0.688 bits per heavy atom. The van der Waals surface area contributed by atoms with E-state index in [2.05, 4.69) is 10.6 Å². The number of nitrogens with zero attached hydrogens (tertiary/aromatic N) is 3. The van der Waals surface area contributed by atoms with Crippen molar-refractivity contribution >= 4 is 92.8 Å². The third kappa shape index (κ3) is 16.3. The Morgan fingerprint density at radius 3 is 1.56 bits per heavy atom. The Labute approximate surface area is 298 Å². The van der Waals surface area contributed by atoms with Crippen LogP contribution in [-0.2, 0) is 44.8 Å². The number of amides is 2. The molecule has 1 rings (SSSR count). The van der Waals surface area contributed by atoms with Crippen LogP contribution in [0.1, 0.15) is 5.56 Å². The number of carbonyl (C=O) groups excluding carboxylic acids is 2. The van der Waals surface area contributed by atoms with Gasteiger partial charge in [-0.05, 0) is 62.9 Å². The van der Waals surface area contributed by atoms with Gasteiger partial charge in [0.05, 0.1) is 46.4 Å².